The molecule has 0 amide bonds. The Morgan fingerprint density at radius 3 is 2.24 bits per heavy atom. The van der Waals surface area contributed by atoms with Gasteiger partial charge in [-0.25, -0.2) is 0 Å². The van der Waals surface area contributed by atoms with Gasteiger partial charge >= 0.3 is 0 Å². The monoisotopic (exact) mass is 236 g/mol. The van der Waals surface area contributed by atoms with Crippen molar-refractivity contribution in [3.05, 3.63) is 0 Å². The molecule has 0 saturated heterocycles. The minimum Gasteiger partial charge on any atom is -0.313 e. The van der Waals surface area contributed by atoms with Gasteiger partial charge in [0, 0.05) is 11.6 Å². The van der Waals surface area contributed by atoms with Crippen molar-refractivity contribution in [3.63, 3.8) is 0 Å². The van der Waals surface area contributed by atoms with Gasteiger partial charge in [0.25, 0.3) is 0 Å². The number of nitrogens with one attached hydrogen (secondary N) is 2. The Bertz CT molecular complexity index is 265. The van der Waals surface area contributed by atoms with Gasteiger partial charge in [0.15, 0.2) is 0 Å². The summed E-state index contributed by atoms with van der Waals surface area (Å²) >= 11 is 0. The molecule has 3 aliphatic carbocycles. The van der Waals surface area contributed by atoms with Gasteiger partial charge in [0.1, 0.15) is 0 Å². The maximum absolute atomic E-state index is 3.81. The smallest absolute Gasteiger partial charge is 0.0136 e. The molecule has 0 aliphatic heterocycles. The second-order valence-corrected chi connectivity index (χ2v) is 7.50. The summed E-state index contributed by atoms with van der Waals surface area (Å²) in [6, 6.07) is 0.913. The first kappa shape index (κ1) is 12.0. The summed E-state index contributed by atoms with van der Waals surface area (Å²) in [6.45, 7) is 9.07. The summed E-state index contributed by atoms with van der Waals surface area (Å²) in [7, 11) is 0. The highest BCUT2D eigenvalue weighted by molar-refractivity contribution is 5.16. The van der Waals surface area contributed by atoms with Crippen LogP contribution in [-0.2, 0) is 0 Å². The summed E-state index contributed by atoms with van der Waals surface area (Å²) in [6.07, 6.45) is 5.91. The van der Waals surface area contributed by atoms with Gasteiger partial charge in [-0.3, -0.25) is 0 Å². The van der Waals surface area contributed by atoms with E-state index in [0.717, 1.165) is 36.3 Å². The normalized spacial score (nSPS) is 42.9. The molecule has 0 spiro atoms. The van der Waals surface area contributed by atoms with Crippen LogP contribution in [0.1, 0.15) is 46.5 Å². The highest BCUT2D eigenvalue weighted by Gasteiger charge is 2.64. The zero-order valence-corrected chi connectivity index (χ0v) is 11.6. The van der Waals surface area contributed by atoms with Gasteiger partial charge in [-0.2, -0.15) is 0 Å². The molecule has 3 aliphatic rings. The molecule has 2 nitrogen and oxygen atoms in total. The highest BCUT2D eigenvalue weighted by Crippen LogP contribution is 2.65. The van der Waals surface area contributed by atoms with Gasteiger partial charge in [0.05, 0.1) is 0 Å². The van der Waals surface area contributed by atoms with E-state index >= 15 is 0 Å². The minimum atomic E-state index is 0.273. The predicted octanol–water partition coefficient (Wildman–Crippen LogP) is 2.40. The van der Waals surface area contributed by atoms with Crippen molar-refractivity contribution in [3.8, 4) is 0 Å². The van der Waals surface area contributed by atoms with Crippen LogP contribution in [0.25, 0.3) is 0 Å². The lowest BCUT2D eigenvalue weighted by molar-refractivity contribution is 0.410. The summed E-state index contributed by atoms with van der Waals surface area (Å²) in [5.41, 5.74) is 0.273. The standard InChI is InChI=1S/C15H28N2/c1-15(2,3)17-8-4-7-16-14-12-10-5-6-11(9-10)13(12)14/h10-14,16-17H,4-9H2,1-3H3. The number of hydrogen-bond donors (Lipinski definition) is 2. The van der Waals surface area contributed by atoms with E-state index in [0.29, 0.717) is 0 Å². The van der Waals surface area contributed by atoms with Crippen molar-refractivity contribution in [2.45, 2.75) is 58.0 Å². The largest absolute Gasteiger partial charge is 0.313 e. The molecule has 0 aromatic rings. The Morgan fingerprint density at radius 2 is 1.65 bits per heavy atom. The van der Waals surface area contributed by atoms with E-state index in [9.17, 15) is 0 Å². The van der Waals surface area contributed by atoms with Crippen LogP contribution in [0.2, 0.25) is 0 Å². The molecule has 0 heterocycles. The Hall–Kier alpha value is -0.0800. The lowest BCUT2D eigenvalue weighted by Gasteiger charge is -2.20. The molecule has 3 fully saturated rings. The lowest BCUT2D eigenvalue weighted by Crippen LogP contribution is -2.37. The Labute approximate surface area is 106 Å². The summed E-state index contributed by atoms with van der Waals surface area (Å²) < 4.78 is 0. The number of fused-ring (bicyclic) bond motifs is 5. The van der Waals surface area contributed by atoms with Gasteiger partial charge in [0.2, 0.25) is 0 Å². The average molecular weight is 236 g/mol. The van der Waals surface area contributed by atoms with Crippen LogP contribution in [0.4, 0.5) is 0 Å². The summed E-state index contributed by atoms with van der Waals surface area (Å²) in [5, 5.41) is 7.36. The molecular weight excluding hydrogens is 208 g/mol. The van der Waals surface area contributed by atoms with Gasteiger partial charge in [-0.05, 0) is 83.2 Å². The molecule has 3 rings (SSSR count). The molecule has 0 aromatic carbocycles. The van der Waals surface area contributed by atoms with E-state index in [2.05, 4.69) is 31.4 Å². The van der Waals surface area contributed by atoms with E-state index in [1.165, 1.54) is 25.8 Å². The van der Waals surface area contributed by atoms with Crippen molar-refractivity contribution >= 4 is 0 Å². The van der Waals surface area contributed by atoms with Crippen molar-refractivity contribution in [1.82, 2.24) is 10.6 Å². The Balaban J connectivity index is 1.30. The first-order valence-corrected chi connectivity index (χ1v) is 7.55. The maximum Gasteiger partial charge on any atom is 0.0136 e. The molecule has 2 N–H and O–H groups in total. The van der Waals surface area contributed by atoms with E-state index in [1.54, 1.807) is 6.42 Å². The quantitative estimate of drug-likeness (QED) is 0.716. The minimum absolute atomic E-state index is 0.273. The molecule has 4 unspecified atom stereocenters. The van der Waals surface area contributed by atoms with Gasteiger partial charge in [-0.1, -0.05) is 0 Å². The Kier molecular flexibility index (Phi) is 2.99. The molecule has 98 valence electrons. The third-order valence-electron chi connectivity index (χ3n) is 5.12. The predicted molar refractivity (Wildman–Crippen MR) is 72.0 cm³/mol. The third kappa shape index (κ3) is 2.39. The molecule has 2 bridgehead atoms. The van der Waals surface area contributed by atoms with Crippen LogP contribution in [0.3, 0.4) is 0 Å². The molecule has 0 aromatic heterocycles. The lowest BCUT2D eigenvalue weighted by atomic mass is 10.0. The molecule has 0 radical (unpaired) electrons. The van der Waals surface area contributed by atoms with Crippen LogP contribution in [0.15, 0.2) is 0 Å². The van der Waals surface area contributed by atoms with Crippen molar-refractivity contribution in [2.75, 3.05) is 13.1 Å². The molecular formula is C15H28N2. The van der Waals surface area contributed by atoms with Gasteiger partial charge < -0.3 is 10.6 Å². The van der Waals surface area contributed by atoms with Crippen LogP contribution < -0.4 is 10.6 Å². The van der Waals surface area contributed by atoms with Gasteiger partial charge in [-0.15, -0.1) is 0 Å². The first-order valence-electron chi connectivity index (χ1n) is 7.55. The molecule has 3 saturated carbocycles. The average Bonchev–Trinajstić information content (AvgIpc) is 2.66. The molecule has 17 heavy (non-hydrogen) atoms. The number of hydrogen-bond acceptors (Lipinski definition) is 2. The van der Waals surface area contributed by atoms with Crippen LogP contribution >= 0.6 is 0 Å². The Morgan fingerprint density at radius 1 is 1.00 bits per heavy atom. The fourth-order valence-electron chi connectivity index (χ4n) is 4.42. The van der Waals surface area contributed by atoms with Crippen molar-refractivity contribution in [1.29, 1.82) is 0 Å². The van der Waals surface area contributed by atoms with E-state index in [4.69, 9.17) is 0 Å². The van der Waals surface area contributed by atoms with E-state index in [-0.39, 0.29) is 5.54 Å². The second-order valence-electron chi connectivity index (χ2n) is 7.50. The van der Waals surface area contributed by atoms with E-state index < -0.39 is 0 Å². The fourth-order valence-corrected chi connectivity index (χ4v) is 4.42. The summed E-state index contributed by atoms with van der Waals surface area (Å²) in [4.78, 5) is 0. The summed E-state index contributed by atoms with van der Waals surface area (Å²) in [5.74, 6) is 4.39. The first-order chi connectivity index (χ1) is 8.06. The topological polar surface area (TPSA) is 24.1 Å². The van der Waals surface area contributed by atoms with Crippen molar-refractivity contribution in [2.24, 2.45) is 23.7 Å². The molecule has 2 heteroatoms. The maximum atomic E-state index is 3.81. The van der Waals surface area contributed by atoms with E-state index in [1.807, 2.05) is 0 Å². The van der Waals surface area contributed by atoms with Crippen LogP contribution in [0.5, 0.6) is 0 Å². The second kappa shape index (κ2) is 4.24. The highest BCUT2D eigenvalue weighted by atomic mass is 15.0. The molecule has 4 atom stereocenters. The third-order valence-corrected chi connectivity index (χ3v) is 5.12. The van der Waals surface area contributed by atoms with Crippen LogP contribution in [-0.4, -0.2) is 24.7 Å². The fraction of sp³-hybridized carbons (Fsp3) is 1.00. The SMILES string of the molecule is CC(C)(C)NCCCNC1C2C3CCC(C3)C12. The van der Waals surface area contributed by atoms with Crippen LogP contribution in [0, 0.1) is 23.7 Å². The zero-order chi connectivity index (χ0) is 12.0. The zero-order valence-electron chi connectivity index (χ0n) is 11.6. The number of rotatable bonds is 5. The van der Waals surface area contributed by atoms with Crippen molar-refractivity contribution < 1.29 is 0 Å².